The lowest BCUT2D eigenvalue weighted by Crippen LogP contribution is -2.74. The Morgan fingerprint density at radius 2 is 1.69 bits per heavy atom. The molecule has 3 aliphatic rings. The van der Waals surface area contributed by atoms with E-state index in [4.69, 9.17) is 21.1 Å². The lowest BCUT2D eigenvalue weighted by Gasteiger charge is -2.63. The predicted octanol–water partition coefficient (Wildman–Crippen LogP) is 6.16. The number of aliphatic hydroxyl groups is 1. The summed E-state index contributed by atoms with van der Waals surface area (Å²) >= 11 is 7.83. The lowest BCUT2D eigenvalue weighted by atomic mass is 9.49. The van der Waals surface area contributed by atoms with Crippen molar-refractivity contribution in [3.05, 3.63) is 93.7 Å². The summed E-state index contributed by atoms with van der Waals surface area (Å²) in [6.45, 7) is 21.2. The Kier molecular flexibility index (Phi) is 15.9. The molecule has 7 rings (SSSR count). The Morgan fingerprint density at radius 1 is 0.986 bits per heavy atom. The lowest BCUT2D eigenvalue weighted by molar-refractivity contribution is -0.164. The molecule has 0 unspecified atom stereocenters. The van der Waals surface area contributed by atoms with Crippen LogP contribution in [0.1, 0.15) is 95.0 Å². The number of halogens is 1. The van der Waals surface area contributed by atoms with Gasteiger partial charge in [0, 0.05) is 74.8 Å². The van der Waals surface area contributed by atoms with E-state index < -0.39 is 46.2 Å². The number of benzene rings is 2. The van der Waals surface area contributed by atoms with Crippen LogP contribution in [0.2, 0.25) is 5.02 Å². The predicted molar refractivity (Wildman–Crippen MR) is 269 cm³/mol. The van der Waals surface area contributed by atoms with Crippen LogP contribution in [0.3, 0.4) is 0 Å². The number of β-amino-alcohol motifs (C(OH)–C–C–N with tert-alkyl or cyclic N) is 1. The molecule has 3 fully saturated rings. The number of amides is 4. The molecule has 0 bridgehead atoms. The van der Waals surface area contributed by atoms with Gasteiger partial charge in [0.25, 0.3) is 5.91 Å². The number of aryl methyl sites for hydroxylation is 1. The summed E-state index contributed by atoms with van der Waals surface area (Å²) in [5, 5.41) is 29.4. The van der Waals surface area contributed by atoms with Gasteiger partial charge in [0.1, 0.15) is 42.4 Å². The summed E-state index contributed by atoms with van der Waals surface area (Å²) in [4.78, 5) is 70.4. The summed E-state index contributed by atoms with van der Waals surface area (Å²) in [7, 11) is 0. The molecule has 2 aliphatic heterocycles. The van der Waals surface area contributed by atoms with Crippen LogP contribution in [0.4, 0.5) is 5.82 Å². The molecule has 16 nitrogen and oxygen atoms in total. The number of carbonyl (C=O) groups excluding carboxylic acids is 4. The average molecular weight is 997 g/mol. The summed E-state index contributed by atoms with van der Waals surface area (Å²) in [6.07, 6.45) is 0.599. The summed E-state index contributed by atoms with van der Waals surface area (Å²) < 4.78 is 12.2. The first-order valence-corrected chi connectivity index (χ1v) is 25.1. The van der Waals surface area contributed by atoms with Crippen LogP contribution in [0.15, 0.2) is 66.3 Å². The summed E-state index contributed by atoms with van der Waals surface area (Å²) in [5.41, 5.74) is 4.06. The SMILES string of the molecule is Cc1ncsc1-c1ccc([C@H](C)NC(=O)[C@@H]2C[C@H](O)CN2C(=O)[C@@H](NC(=O)COCCN2CCN(c3ccc(C(=O)NC4C(C)(C)C(Oc5ccc(C#N)c(Cl)c5)C4(C)C)cn3)CC2)C(C)(C)C)cc1. The number of aromatic nitrogens is 2. The van der Waals surface area contributed by atoms with Crippen LogP contribution < -0.4 is 25.6 Å². The highest BCUT2D eigenvalue weighted by Gasteiger charge is 2.64. The molecule has 70 heavy (non-hydrogen) atoms. The maximum atomic E-state index is 14.1. The zero-order chi connectivity index (χ0) is 50.7. The molecule has 374 valence electrons. The quantitative estimate of drug-likeness (QED) is 0.0934. The van der Waals surface area contributed by atoms with Gasteiger partial charge in [-0.05, 0) is 54.7 Å². The molecule has 0 spiro atoms. The number of rotatable bonds is 16. The number of carbonyl (C=O) groups is 4. The number of nitriles is 1. The van der Waals surface area contributed by atoms with E-state index in [0.29, 0.717) is 48.1 Å². The van der Waals surface area contributed by atoms with Crippen molar-refractivity contribution >= 4 is 52.4 Å². The number of hydrogen-bond acceptors (Lipinski definition) is 13. The maximum Gasteiger partial charge on any atom is 0.253 e. The van der Waals surface area contributed by atoms with Crippen molar-refractivity contribution in [3.63, 3.8) is 0 Å². The number of nitrogens with one attached hydrogen (secondary N) is 3. The van der Waals surface area contributed by atoms with Gasteiger partial charge in [0.2, 0.25) is 17.7 Å². The highest BCUT2D eigenvalue weighted by molar-refractivity contribution is 7.13. The van der Waals surface area contributed by atoms with Crippen LogP contribution in [-0.2, 0) is 19.1 Å². The van der Waals surface area contributed by atoms with Crippen molar-refractivity contribution in [2.75, 3.05) is 57.4 Å². The highest BCUT2D eigenvalue weighted by Crippen LogP contribution is 2.55. The number of likely N-dealkylation sites (tertiary alicyclic amines) is 1. The first-order valence-electron chi connectivity index (χ1n) is 23.9. The Morgan fingerprint density at radius 3 is 2.29 bits per heavy atom. The summed E-state index contributed by atoms with van der Waals surface area (Å²) in [6, 6.07) is 16.3. The van der Waals surface area contributed by atoms with E-state index >= 15 is 0 Å². The van der Waals surface area contributed by atoms with E-state index in [9.17, 15) is 29.5 Å². The number of thiazole rings is 1. The van der Waals surface area contributed by atoms with Gasteiger partial charge < -0.3 is 40.3 Å². The van der Waals surface area contributed by atoms with Gasteiger partial charge in [-0.3, -0.25) is 24.1 Å². The van der Waals surface area contributed by atoms with E-state index in [1.54, 1.807) is 41.8 Å². The van der Waals surface area contributed by atoms with Gasteiger partial charge in [0.15, 0.2) is 0 Å². The molecule has 4 amide bonds. The molecule has 1 aliphatic carbocycles. The standard InChI is InChI=1S/C52H66ClN9O7S/c1-31(33-10-12-34(13-11-33)43-32(2)56-30-70-43)57-46(66)40-24-37(63)28-62(40)47(67)44(50(3,4)5)58-42(64)29-68-23-22-60-18-20-61(21-19-60)41-17-15-36(27-55-41)45(65)59-48-51(6,7)49(52(48,8)9)69-38-16-14-35(26-54)39(53)25-38/h10-17,25,27,30-31,37,40,44,48-49,63H,18-24,28-29H2,1-9H3,(H,57,66)(H,58,64)(H,59,65)/t31-,37-,40-,44+,48?,49?/m0/s1. The third-order valence-electron chi connectivity index (χ3n) is 14.0. The average Bonchev–Trinajstić information content (AvgIpc) is 3.95. The molecule has 4 heterocycles. The smallest absolute Gasteiger partial charge is 0.253 e. The minimum Gasteiger partial charge on any atom is -0.489 e. The highest BCUT2D eigenvalue weighted by atomic mass is 35.5. The van der Waals surface area contributed by atoms with Crippen molar-refractivity contribution in [3.8, 4) is 22.3 Å². The topological polar surface area (TPSA) is 202 Å². The molecule has 1 saturated carbocycles. The third-order valence-corrected chi connectivity index (χ3v) is 15.3. The summed E-state index contributed by atoms with van der Waals surface area (Å²) in [5.74, 6) is -0.115. The molecular weight excluding hydrogens is 930 g/mol. The number of nitrogens with zero attached hydrogens (tertiary/aromatic N) is 6. The van der Waals surface area contributed by atoms with Gasteiger partial charge in [-0.15, -0.1) is 11.3 Å². The monoisotopic (exact) mass is 995 g/mol. The molecule has 0 radical (unpaired) electrons. The maximum absolute atomic E-state index is 14.1. The Hall–Kier alpha value is -5.64. The van der Waals surface area contributed by atoms with E-state index in [1.165, 1.54) is 4.90 Å². The Bertz CT molecular complexity index is 2550. The van der Waals surface area contributed by atoms with E-state index in [0.717, 1.165) is 40.6 Å². The zero-order valence-corrected chi connectivity index (χ0v) is 43.1. The second-order valence-electron chi connectivity index (χ2n) is 21.0. The molecule has 2 saturated heterocycles. The van der Waals surface area contributed by atoms with Crippen LogP contribution in [0.5, 0.6) is 5.75 Å². The van der Waals surface area contributed by atoms with Crippen molar-refractivity contribution in [2.24, 2.45) is 16.2 Å². The number of pyridine rings is 1. The molecule has 4 N–H and O–H groups in total. The number of ether oxygens (including phenoxy) is 2. The van der Waals surface area contributed by atoms with Gasteiger partial charge in [-0.2, -0.15) is 5.26 Å². The van der Waals surface area contributed by atoms with E-state index in [2.05, 4.69) is 69.5 Å². The number of piperazine rings is 1. The first kappa shape index (κ1) is 52.2. The van der Waals surface area contributed by atoms with E-state index in [-0.39, 0.29) is 49.6 Å². The molecule has 18 heteroatoms. The minimum atomic E-state index is -0.966. The fourth-order valence-corrected chi connectivity index (χ4v) is 11.3. The number of anilines is 1. The van der Waals surface area contributed by atoms with Crippen LogP contribution in [0, 0.1) is 34.5 Å². The molecular formula is C52H66ClN9O7S. The Labute approximate surface area is 420 Å². The minimum absolute atomic E-state index is 0.0190. The molecule has 4 aromatic rings. The van der Waals surface area contributed by atoms with Gasteiger partial charge in [0.05, 0.1) is 51.0 Å². The number of hydrogen-bond donors (Lipinski definition) is 4. The molecule has 4 atom stereocenters. The largest absolute Gasteiger partial charge is 0.489 e. The van der Waals surface area contributed by atoms with E-state index in [1.807, 2.05) is 70.5 Å². The fourth-order valence-electron chi connectivity index (χ4n) is 10.3. The van der Waals surface area contributed by atoms with Crippen LogP contribution >= 0.6 is 22.9 Å². The van der Waals surface area contributed by atoms with Crippen LogP contribution in [-0.4, -0.2) is 131 Å². The van der Waals surface area contributed by atoms with Crippen molar-refractivity contribution in [2.45, 2.75) is 105 Å². The second-order valence-corrected chi connectivity index (χ2v) is 22.2. The molecule has 2 aromatic carbocycles. The van der Waals surface area contributed by atoms with Crippen molar-refractivity contribution < 1.29 is 33.8 Å². The van der Waals surface area contributed by atoms with Gasteiger partial charge in [-0.25, -0.2) is 9.97 Å². The van der Waals surface area contributed by atoms with Crippen molar-refractivity contribution in [1.29, 1.82) is 5.26 Å². The third kappa shape index (κ3) is 11.6. The zero-order valence-electron chi connectivity index (χ0n) is 41.5. The first-order chi connectivity index (χ1) is 33.1. The normalized spacial score (nSPS) is 21.7. The second kappa shape index (κ2) is 21.4. The number of aliphatic hydroxyl groups excluding tert-OH is 1. The molecule has 2 aromatic heterocycles. The van der Waals surface area contributed by atoms with Gasteiger partial charge in [-0.1, -0.05) is 84.3 Å². The van der Waals surface area contributed by atoms with Crippen molar-refractivity contribution in [1.82, 2.24) is 35.7 Å². The Balaban J connectivity index is 0.831. The van der Waals surface area contributed by atoms with Crippen LogP contribution in [0.25, 0.3) is 10.4 Å². The fraction of sp³-hybridized carbons (Fsp3) is 0.519. The van der Waals surface area contributed by atoms with Gasteiger partial charge >= 0.3 is 0 Å².